The van der Waals surface area contributed by atoms with E-state index in [1.807, 2.05) is 18.2 Å². The molecule has 0 unspecified atom stereocenters. The number of nitriles is 1. The van der Waals surface area contributed by atoms with Gasteiger partial charge in [0.25, 0.3) is 0 Å². The summed E-state index contributed by atoms with van der Waals surface area (Å²) in [6.45, 7) is 8.34. The van der Waals surface area contributed by atoms with Gasteiger partial charge in [0.05, 0.1) is 22.8 Å². The van der Waals surface area contributed by atoms with E-state index in [4.69, 9.17) is 14.6 Å². The highest BCUT2D eigenvalue weighted by atomic mass is 16.7. The number of rotatable bonds is 2. The first-order chi connectivity index (χ1) is 9.34. The van der Waals surface area contributed by atoms with Crippen molar-refractivity contribution in [2.24, 2.45) is 0 Å². The Morgan fingerprint density at radius 3 is 2.45 bits per heavy atom. The number of benzene rings is 1. The van der Waals surface area contributed by atoms with Gasteiger partial charge in [-0.15, -0.1) is 0 Å². The molecule has 2 aliphatic rings. The van der Waals surface area contributed by atoms with Gasteiger partial charge in [-0.05, 0) is 57.7 Å². The second-order valence-electron chi connectivity index (χ2n) is 6.87. The number of hydrogen-bond acceptors (Lipinski definition) is 3. The van der Waals surface area contributed by atoms with E-state index >= 15 is 0 Å². The van der Waals surface area contributed by atoms with Gasteiger partial charge >= 0.3 is 7.12 Å². The van der Waals surface area contributed by atoms with Crippen molar-refractivity contribution in [1.29, 1.82) is 5.26 Å². The van der Waals surface area contributed by atoms with Crippen molar-refractivity contribution in [1.82, 2.24) is 0 Å². The predicted octanol–water partition coefficient (Wildman–Crippen LogP) is 3.51. The summed E-state index contributed by atoms with van der Waals surface area (Å²) in [6, 6.07) is 10.1. The molecule has 0 amide bonds. The maximum Gasteiger partial charge on any atom is 0.461 e. The fourth-order valence-corrected chi connectivity index (χ4v) is 2.80. The molecule has 3 nitrogen and oxygen atoms in total. The van der Waals surface area contributed by atoms with E-state index in [0.717, 1.165) is 12.0 Å². The fourth-order valence-electron chi connectivity index (χ4n) is 2.80. The number of nitrogens with zero attached hydrogens (tertiary/aromatic N) is 1. The van der Waals surface area contributed by atoms with Gasteiger partial charge in [0.15, 0.2) is 0 Å². The third kappa shape index (κ3) is 2.15. The van der Waals surface area contributed by atoms with Crippen molar-refractivity contribution in [3.63, 3.8) is 0 Å². The van der Waals surface area contributed by atoms with Crippen molar-refractivity contribution in [3.8, 4) is 6.07 Å². The van der Waals surface area contributed by atoms with Crippen LogP contribution in [0.25, 0.3) is 0 Å². The first-order valence-corrected chi connectivity index (χ1v) is 7.20. The average molecular weight is 269 g/mol. The second-order valence-corrected chi connectivity index (χ2v) is 6.87. The van der Waals surface area contributed by atoms with Gasteiger partial charge in [-0.2, -0.15) is 5.26 Å². The topological polar surface area (TPSA) is 42.2 Å². The summed E-state index contributed by atoms with van der Waals surface area (Å²) in [6.07, 6.45) is 1.08. The van der Waals surface area contributed by atoms with E-state index < -0.39 is 0 Å². The van der Waals surface area contributed by atoms with Crippen LogP contribution in [0.4, 0.5) is 0 Å². The molecule has 20 heavy (non-hydrogen) atoms. The van der Waals surface area contributed by atoms with Crippen molar-refractivity contribution >= 4 is 7.12 Å². The van der Waals surface area contributed by atoms with Gasteiger partial charge in [-0.1, -0.05) is 12.1 Å². The summed E-state index contributed by atoms with van der Waals surface area (Å²) in [5.74, 6) is 0.864. The largest absolute Gasteiger partial charge is 0.461 e. The first-order valence-electron chi connectivity index (χ1n) is 7.20. The SMILES string of the molecule is CC1(C)OB([C@H]2C[C@@H]2c2cccc(C#N)c2)OC1(C)C. The third-order valence-corrected chi connectivity index (χ3v) is 4.90. The molecule has 1 saturated heterocycles. The molecule has 1 aliphatic heterocycles. The molecule has 0 radical (unpaired) electrons. The predicted molar refractivity (Wildman–Crippen MR) is 78.3 cm³/mol. The highest BCUT2D eigenvalue weighted by molar-refractivity contribution is 6.49. The van der Waals surface area contributed by atoms with Crippen LogP contribution in [0.15, 0.2) is 24.3 Å². The van der Waals surface area contributed by atoms with E-state index in [1.165, 1.54) is 5.56 Å². The minimum absolute atomic E-state index is 0.129. The zero-order valence-corrected chi connectivity index (χ0v) is 12.5. The summed E-state index contributed by atoms with van der Waals surface area (Å²) in [5, 5.41) is 8.98. The van der Waals surface area contributed by atoms with Gasteiger partial charge in [0.1, 0.15) is 0 Å². The van der Waals surface area contributed by atoms with Crippen LogP contribution in [0.2, 0.25) is 5.82 Å². The lowest BCUT2D eigenvalue weighted by Gasteiger charge is -2.32. The van der Waals surface area contributed by atoms with Crippen LogP contribution in [0.3, 0.4) is 0 Å². The van der Waals surface area contributed by atoms with Crippen molar-refractivity contribution in [2.75, 3.05) is 0 Å². The molecule has 1 aromatic rings. The molecule has 0 aromatic heterocycles. The molecule has 1 heterocycles. The molecule has 2 fully saturated rings. The summed E-state index contributed by atoms with van der Waals surface area (Å²) < 4.78 is 12.2. The summed E-state index contributed by atoms with van der Waals surface area (Å²) in [7, 11) is -0.129. The van der Waals surface area contributed by atoms with Crippen LogP contribution in [0, 0.1) is 11.3 Å². The summed E-state index contributed by atoms with van der Waals surface area (Å²) in [4.78, 5) is 0. The Kier molecular flexibility index (Phi) is 2.97. The van der Waals surface area contributed by atoms with Crippen LogP contribution in [-0.2, 0) is 9.31 Å². The first kappa shape index (κ1) is 13.7. The maximum absolute atomic E-state index is 8.98. The van der Waals surface area contributed by atoms with E-state index in [0.29, 0.717) is 11.7 Å². The van der Waals surface area contributed by atoms with Gasteiger partial charge in [0.2, 0.25) is 0 Å². The lowest BCUT2D eigenvalue weighted by molar-refractivity contribution is 0.00578. The Morgan fingerprint density at radius 2 is 1.85 bits per heavy atom. The molecule has 0 bridgehead atoms. The van der Waals surface area contributed by atoms with Crippen molar-refractivity contribution in [3.05, 3.63) is 35.4 Å². The standard InChI is InChI=1S/C16H20BNO2/c1-15(2)16(3,4)20-17(19-15)14-9-13(14)12-7-5-6-11(8-12)10-18/h5-8,13-14H,9H2,1-4H3/t13-,14+/m1/s1. The second kappa shape index (κ2) is 4.34. The lowest BCUT2D eigenvalue weighted by Crippen LogP contribution is -2.41. The molecule has 0 N–H and O–H groups in total. The monoisotopic (exact) mass is 269 g/mol. The van der Waals surface area contributed by atoms with E-state index in [-0.39, 0.29) is 18.3 Å². The average Bonchev–Trinajstić information content (AvgIpc) is 3.13. The zero-order chi connectivity index (χ0) is 14.5. The van der Waals surface area contributed by atoms with Crippen molar-refractivity contribution in [2.45, 2.75) is 57.1 Å². The molecule has 3 rings (SSSR count). The van der Waals surface area contributed by atoms with Crippen LogP contribution in [0.1, 0.15) is 51.2 Å². The van der Waals surface area contributed by atoms with E-state index in [9.17, 15) is 0 Å². The molecule has 2 atom stereocenters. The number of hydrogen-bond donors (Lipinski definition) is 0. The normalized spacial score (nSPS) is 30.1. The Balaban J connectivity index is 1.73. The Labute approximate surface area is 121 Å². The molecule has 1 saturated carbocycles. The van der Waals surface area contributed by atoms with Crippen LogP contribution >= 0.6 is 0 Å². The van der Waals surface area contributed by atoms with Gasteiger partial charge in [-0.3, -0.25) is 0 Å². The summed E-state index contributed by atoms with van der Waals surface area (Å²) >= 11 is 0. The van der Waals surface area contributed by atoms with E-state index in [1.54, 1.807) is 0 Å². The van der Waals surface area contributed by atoms with Gasteiger partial charge in [0, 0.05) is 5.82 Å². The molecule has 1 aliphatic carbocycles. The zero-order valence-electron chi connectivity index (χ0n) is 12.5. The van der Waals surface area contributed by atoms with Gasteiger partial charge < -0.3 is 9.31 Å². The smallest absolute Gasteiger partial charge is 0.403 e. The Morgan fingerprint density at radius 1 is 1.20 bits per heavy atom. The van der Waals surface area contributed by atoms with E-state index in [2.05, 4.69) is 39.8 Å². The Bertz CT molecular complexity index is 560. The lowest BCUT2D eigenvalue weighted by atomic mass is 9.79. The highest BCUT2D eigenvalue weighted by Gasteiger charge is 2.59. The molecular weight excluding hydrogens is 249 g/mol. The Hall–Kier alpha value is -1.31. The molecule has 1 aromatic carbocycles. The quantitative estimate of drug-likeness (QED) is 0.771. The summed E-state index contributed by atoms with van der Waals surface area (Å²) in [5.41, 5.74) is 1.42. The highest BCUT2D eigenvalue weighted by Crippen LogP contribution is 2.58. The molecule has 4 heteroatoms. The van der Waals surface area contributed by atoms with Crippen LogP contribution in [-0.4, -0.2) is 18.3 Å². The molecular formula is C16H20BNO2. The van der Waals surface area contributed by atoms with Crippen LogP contribution in [0.5, 0.6) is 0 Å². The molecule has 0 spiro atoms. The van der Waals surface area contributed by atoms with Crippen molar-refractivity contribution < 1.29 is 9.31 Å². The minimum atomic E-state index is -0.265. The van der Waals surface area contributed by atoms with Crippen LogP contribution < -0.4 is 0 Å². The fraction of sp³-hybridized carbons (Fsp3) is 0.562. The minimum Gasteiger partial charge on any atom is -0.403 e. The maximum atomic E-state index is 8.98. The van der Waals surface area contributed by atoms with Gasteiger partial charge in [-0.25, -0.2) is 0 Å². The third-order valence-electron chi connectivity index (χ3n) is 4.90. The molecule has 104 valence electrons.